The Morgan fingerprint density at radius 2 is 1.12 bits per heavy atom. The van der Waals surface area contributed by atoms with E-state index in [-0.39, 0.29) is 17.5 Å². The van der Waals surface area contributed by atoms with Crippen LogP contribution in [0.5, 0.6) is 11.5 Å². The minimum atomic E-state index is 0.0251. The van der Waals surface area contributed by atoms with Crippen LogP contribution in [-0.4, -0.2) is 23.3 Å². The highest BCUT2D eigenvalue weighted by atomic mass is 16.3. The number of nitrogens with one attached hydrogen (secondary N) is 2. The molecule has 2 aromatic carbocycles. The number of hydrogen-bond donors (Lipinski definition) is 4. The lowest BCUT2D eigenvalue weighted by Crippen LogP contribution is -2.39. The molecular weight excluding hydrogens is 312 g/mol. The molecule has 0 heterocycles. The van der Waals surface area contributed by atoms with E-state index >= 15 is 0 Å². The molecule has 0 aliphatic carbocycles. The molecule has 2 atom stereocenters. The molecule has 2 unspecified atom stereocenters. The van der Waals surface area contributed by atoms with Gasteiger partial charge in [-0.2, -0.15) is 0 Å². The largest absolute Gasteiger partial charge is 0.508 e. The van der Waals surface area contributed by atoms with Crippen molar-refractivity contribution in [3.63, 3.8) is 0 Å². The predicted octanol–water partition coefficient (Wildman–Crippen LogP) is 4.13. The van der Waals surface area contributed by atoms with Crippen molar-refractivity contribution in [3.05, 3.63) is 59.7 Å². The maximum absolute atomic E-state index is 9.96. The highest BCUT2D eigenvalue weighted by Crippen LogP contribution is 2.26. The molecule has 4 N–H and O–H groups in total. The van der Waals surface area contributed by atoms with Crippen molar-refractivity contribution < 1.29 is 10.2 Å². The van der Waals surface area contributed by atoms with E-state index in [9.17, 15) is 10.2 Å². The number of benzene rings is 2. The third kappa shape index (κ3) is 5.48. The van der Waals surface area contributed by atoms with Crippen molar-refractivity contribution >= 4 is 0 Å². The molecule has 0 amide bonds. The Morgan fingerprint density at radius 1 is 0.760 bits per heavy atom. The first-order valence-corrected chi connectivity index (χ1v) is 8.83. The standard InChI is InChI=1S/C21H30N2O2/c1-15(17-9-5-7-11-19(17)24)22-13-21(3,4)14-23-16(2)18-10-6-8-12-20(18)25/h5-12,15-16,22-25H,13-14H2,1-4H3. The fraction of sp³-hybridized carbons (Fsp3) is 0.429. The molecule has 4 nitrogen and oxygen atoms in total. The van der Waals surface area contributed by atoms with Gasteiger partial charge in [-0.1, -0.05) is 50.2 Å². The summed E-state index contributed by atoms with van der Waals surface area (Å²) in [6, 6.07) is 15.0. The van der Waals surface area contributed by atoms with E-state index in [0.717, 1.165) is 24.2 Å². The molecule has 0 fully saturated rings. The number of aromatic hydroxyl groups is 2. The second kappa shape index (κ2) is 8.37. The minimum absolute atomic E-state index is 0.0251. The van der Waals surface area contributed by atoms with Crippen molar-refractivity contribution in [2.75, 3.05) is 13.1 Å². The van der Waals surface area contributed by atoms with Gasteiger partial charge in [0, 0.05) is 36.3 Å². The highest BCUT2D eigenvalue weighted by molar-refractivity contribution is 5.34. The predicted molar refractivity (Wildman–Crippen MR) is 103 cm³/mol. The van der Waals surface area contributed by atoms with Crippen molar-refractivity contribution in [3.8, 4) is 11.5 Å². The minimum Gasteiger partial charge on any atom is -0.508 e. The van der Waals surface area contributed by atoms with Gasteiger partial charge in [-0.15, -0.1) is 0 Å². The average Bonchev–Trinajstić information content (AvgIpc) is 2.59. The molecule has 0 bridgehead atoms. The Bertz CT molecular complexity index is 628. The Balaban J connectivity index is 1.87. The SMILES string of the molecule is CC(NCC(C)(C)CNC(C)c1ccccc1O)c1ccccc1O. The fourth-order valence-electron chi connectivity index (χ4n) is 2.85. The number of phenolic OH excluding ortho intramolecular Hbond substituents is 2. The zero-order chi connectivity index (χ0) is 18.4. The van der Waals surface area contributed by atoms with E-state index in [4.69, 9.17) is 0 Å². The maximum atomic E-state index is 9.96. The Hall–Kier alpha value is -2.04. The van der Waals surface area contributed by atoms with Crippen LogP contribution in [-0.2, 0) is 0 Å². The van der Waals surface area contributed by atoms with Gasteiger partial charge in [-0.3, -0.25) is 0 Å². The number of hydrogen-bond acceptors (Lipinski definition) is 4. The summed E-state index contributed by atoms with van der Waals surface area (Å²) in [5, 5.41) is 26.9. The first-order chi connectivity index (χ1) is 11.8. The average molecular weight is 342 g/mol. The topological polar surface area (TPSA) is 64.5 Å². The third-order valence-corrected chi connectivity index (χ3v) is 4.58. The lowest BCUT2D eigenvalue weighted by atomic mass is 9.92. The Labute approximate surface area is 150 Å². The second-order valence-electron chi connectivity index (χ2n) is 7.49. The third-order valence-electron chi connectivity index (χ3n) is 4.58. The van der Waals surface area contributed by atoms with Crippen LogP contribution in [0.25, 0.3) is 0 Å². The van der Waals surface area contributed by atoms with Crippen molar-refractivity contribution in [2.24, 2.45) is 5.41 Å². The summed E-state index contributed by atoms with van der Waals surface area (Å²) in [6.07, 6.45) is 0. The summed E-state index contributed by atoms with van der Waals surface area (Å²) in [5.74, 6) is 0.651. The molecule has 0 aliphatic rings. The van der Waals surface area contributed by atoms with Crippen molar-refractivity contribution in [1.82, 2.24) is 10.6 Å². The van der Waals surface area contributed by atoms with Crippen LogP contribution >= 0.6 is 0 Å². The van der Waals surface area contributed by atoms with Crippen LogP contribution in [0.1, 0.15) is 50.9 Å². The molecule has 0 aliphatic heterocycles. The van der Waals surface area contributed by atoms with Gasteiger partial charge in [0.05, 0.1) is 0 Å². The zero-order valence-corrected chi connectivity index (χ0v) is 15.6. The summed E-state index contributed by atoms with van der Waals surface area (Å²) >= 11 is 0. The fourth-order valence-corrected chi connectivity index (χ4v) is 2.85. The van der Waals surface area contributed by atoms with E-state index in [1.54, 1.807) is 12.1 Å². The first kappa shape index (κ1) is 19.3. The van der Waals surface area contributed by atoms with Gasteiger partial charge < -0.3 is 20.8 Å². The molecule has 2 aromatic rings. The van der Waals surface area contributed by atoms with Crippen molar-refractivity contribution in [1.29, 1.82) is 0 Å². The molecule has 0 aromatic heterocycles. The van der Waals surface area contributed by atoms with E-state index in [1.165, 1.54) is 0 Å². The molecule has 4 heteroatoms. The normalized spacial score (nSPS) is 14.2. The molecule has 25 heavy (non-hydrogen) atoms. The molecule has 136 valence electrons. The highest BCUT2D eigenvalue weighted by Gasteiger charge is 2.21. The van der Waals surface area contributed by atoms with Crippen LogP contribution < -0.4 is 10.6 Å². The van der Waals surface area contributed by atoms with Crippen LogP contribution in [0, 0.1) is 5.41 Å². The molecule has 2 rings (SSSR count). The van der Waals surface area contributed by atoms with E-state index in [1.807, 2.05) is 36.4 Å². The smallest absolute Gasteiger partial charge is 0.120 e. The van der Waals surface area contributed by atoms with Gasteiger partial charge >= 0.3 is 0 Å². The first-order valence-electron chi connectivity index (χ1n) is 8.83. The summed E-state index contributed by atoms with van der Waals surface area (Å²) in [4.78, 5) is 0. The quantitative estimate of drug-likeness (QED) is 0.582. The second-order valence-corrected chi connectivity index (χ2v) is 7.49. The summed E-state index contributed by atoms with van der Waals surface area (Å²) in [5.41, 5.74) is 1.85. The summed E-state index contributed by atoms with van der Waals surface area (Å²) < 4.78 is 0. The van der Waals surface area contributed by atoms with Gasteiger partial charge in [-0.25, -0.2) is 0 Å². The van der Waals surface area contributed by atoms with Gasteiger partial charge in [-0.05, 0) is 31.4 Å². The maximum Gasteiger partial charge on any atom is 0.120 e. The number of para-hydroxylation sites is 2. The molecule has 0 saturated heterocycles. The zero-order valence-electron chi connectivity index (χ0n) is 15.6. The summed E-state index contributed by atoms with van der Waals surface area (Å²) in [7, 11) is 0. The Morgan fingerprint density at radius 3 is 1.48 bits per heavy atom. The molecule has 0 radical (unpaired) electrons. The summed E-state index contributed by atoms with van der Waals surface area (Å²) in [6.45, 7) is 10.1. The van der Waals surface area contributed by atoms with E-state index in [0.29, 0.717) is 11.5 Å². The van der Waals surface area contributed by atoms with Gasteiger partial charge in [0.1, 0.15) is 11.5 Å². The van der Waals surface area contributed by atoms with Gasteiger partial charge in [0.15, 0.2) is 0 Å². The van der Waals surface area contributed by atoms with E-state index in [2.05, 4.69) is 38.3 Å². The molecule has 0 spiro atoms. The number of rotatable bonds is 8. The lowest BCUT2D eigenvalue weighted by Gasteiger charge is -2.29. The van der Waals surface area contributed by atoms with Crippen molar-refractivity contribution in [2.45, 2.75) is 39.8 Å². The Kier molecular flexibility index (Phi) is 6.45. The number of phenols is 2. The van der Waals surface area contributed by atoms with Gasteiger partial charge in [0.2, 0.25) is 0 Å². The van der Waals surface area contributed by atoms with Crippen LogP contribution in [0.2, 0.25) is 0 Å². The van der Waals surface area contributed by atoms with Gasteiger partial charge in [0.25, 0.3) is 0 Å². The van der Waals surface area contributed by atoms with Crippen LogP contribution in [0.4, 0.5) is 0 Å². The molecular formula is C21H30N2O2. The van der Waals surface area contributed by atoms with E-state index < -0.39 is 0 Å². The molecule has 0 saturated carbocycles. The monoisotopic (exact) mass is 342 g/mol. The van der Waals surface area contributed by atoms with Crippen LogP contribution in [0.15, 0.2) is 48.5 Å². The lowest BCUT2D eigenvalue weighted by molar-refractivity contribution is 0.293. The van der Waals surface area contributed by atoms with Crippen LogP contribution in [0.3, 0.4) is 0 Å².